The Kier molecular flexibility index (Phi) is 3.81. The summed E-state index contributed by atoms with van der Waals surface area (Å²) in [5.74, 6) is 1.94. The topological polar surface area (TPSA) is 17.8 Å². The molecule has 1 aliphatic rings. The summed E-state index contributed by atoms with van der Waals surface area (Å²) in [7, 11) is 0. The Morgan fingerprint density at radius 2 is 1.68 bits per heavy atom. The maximum Gasteiger partial charge on any atom is 0.106 e. The molecule has 2 aromatic rings. The molecule has 3 rings (SSSR count). The molecule has 1 heterocycles. The number of hydrogen-bond donors (Lipinski definition) is 0. The Bertz CT molecular complexity index is 711. The highest BCUT2D eigenvalue weighted by Crippen LogP contribution is 2.70. The van der Waals surface area contributed by atoms with E-state index < -0.39 is 0 Å². The van der Waals surface area contributed by atoms with E-state index in [4.69, 9.17) is 28.2 Å². The van der Waals surface area contributed by atoms with Gasteiger partial charge in [0, 0.05) is 28.2 Å². The first-order valence-electron chi connectivity index (χ1n) is 7.77. The SMILES string of the molecule is CCn1c(C)nc([C@@H]2[C@@H](c3cc(Cl)cc(Cl)c3)C2(C)C)c1C. The van der Waals surface area contributed by atoms with E-state index in [0.29, 0.717) is 21.9 Å². The van der Waals surface area contributed by atoms with Gasteiger partial charge in [0.15, 0.2) is 0 Å². The first-order valence-corrected chi connectivity index (χ1v) is 8.52. The van der Waals surface area contributed by atoms with Gasteiger partial charge in [0.05, 0.1) is 5.69 Å². The van der Waals surface area contributed by atoms with E-state index >= 15 is 0 Å². The highest BCUT2D eigenvalue weighted by molar-refractivity contribution is 6.34. The minimum atomic E-state index is 0.179. The standard InChI is InChI=1S/C18H22Cl2N2/c1-6-22-10(2)17(21-11(22)3)16-15(18(16,4)5)12-7-13(19)9-14(20)8-12/h7-9,15-16H,6H2,1-5H3/t15-,16+/m1/s1. The lowest BCUT2D eigenvalue weighted by atomic mass is 10.0. The van der Waals surface area contributed by atoms with Gasteiger partial charge in [-0.3, -0.25) is 0 Å². The van der Waals surface area contributed by atoms with Gasteiger partial charge in [0.1, 0.15) is 5.82 Å². The molecule has 118 valence electrons. The molecule has 2 nitrogen and oxygen atoms in total. The van der Waals surface area contributed by atoms with Gasteiger partial charge >= 0.3 is 0 Å². The predicted molar refractivity (Wildman–Crippen MR) is 93.1 cm³/mol. The van der Waals surface area contributed by atoms with Gasteiger partial charge in [0.2, 0.25) is 0 Å². The molecule has 1 saturated carbocycles. The lowest BCUT2D eigenvalue weighted by Crippen LogP contribution is -2.00. The summed E-state index contributed by atoms with van der Waals surface area (Å²) in [5.41, 5.74) is 3.91. The van der Waals surface area contributed by atoms with E-state index in [1.165, 1.54) is 17.0 Å². The fourth-order valence-electron chi connectivity index (χ4n) is 3.98. The van der Waals surface area contributed by atoms with E-state index in [1.807, 2.05) is 12.1 Å². The van der Waals surface area contributed by atoms with Crippen molar-refractivity contribution in [1.29, 1.82) is 0 Å². The van der Waals surface area contributed by atoms with Gasteiger partial charge in [0.25, 0.3) is 0 Å². The van der Waals surface area contributed by atoms with Crippen LogP contribution in [0.4, 0.5) is 0 Å². The minimum Gasteiger partial charge on any atom is -0.333 e. The molecule has 1 aliphatic carbocycles. The normalized spacial score (nSPS) is 22.9. The molecule has 4 heteroatoms. The van der Waals surface area contributed by atoms with Crippen LogP contribution in [0.15, 0.2) is 18.2 Å². The largest absolute Gasteiger partial charge is 0.333 e. The Labute approximate surface area is 142 Å². The minimum absolute atomic E-state index is 0.179. The maximum atomic E-state index is 6.19. The smallest absolute Gasteiger partial charge is 0.106 e. The number of hydrogen-bond acceptors (Lipinski definition) is 1. The van der Waals surface area contributed by atoms with Crippen molar-refractivity contribution in [3.63, 3.8) is 0 Å². The Balaban J connectivity index is 2.03. The van der Waals surface area contributed by atoms with Gasteiger partial charge in [-0.05, 0) is 55.9 Å². The number of benzene rings is 1. The molecule has 1 aromatic heterocycles. The van der Waals surface area contributed by atoms with Crippen LogP contribution in [0.3, 0.4) is 0 Å². The molecule has 0 aliphatic heterocycles. The molecule has 0 amide bonds. The van der Waals surface area contributed by atoms with Crippen LogP contribution >= 0.6 is 23.2 Å². The highest BCUT2D eigenvalue weighted by atomic mass is 35.5. The van der Waals surface area contributed by atoms with Crippen molar-refractivity contribution in [1.82, 2.24) is 9.55 Å². The van der Waals surface area contributed by atoms with Crippen LogP contribution in [0.25, 0.3) is 0 Å². The third kappa shape index (κ3) is 2.37. The predicted octanol–water partition coefficient (Wildman–Crippen LogP) is 5.73. The van der Waals surface area contributed by atoms with E-state index in [9.17, 15) is 0 Å². The van der Waals surface area contributed by atoms with Gasteiger partial charge in [-0.1, -0.05) is 37.0 Å². The molecule has 0 spiro atoms. The lowest BCUT2D eigenvalue weighted by molar-refractivity contribution is 0.597. The zero-order chi connectivity index (χ0) is 16.2. The summed E-state index contributed by atoms with van der Waals surface area (Å²) < 4.78 is 2.28. The molecule has 0 N–H and O–H groups in total. The summed E-state index contributed by atoms with van der Waals surface area (Å²) in [6.45, 7) is 12.0. The van der Waals surface area contributed by atoms with E-state index in [1.54, 1.807) is 6.07 Å². The van der Waals surface area contributed by atoms with Crippen molar-refractivity contribution in [3.05, 3.63) is 51.0 Å². The average Bonchev–Trinajstić information content (AvgIpc) is 2.85. The zero-order valence-corrected chi connectivity index (χ0v) is 15.3. The summed E-state index contributed by atoms with van der Waals surface area (Å²) in [5, 5.41) is 1.41. The summed E-state index contributed by atoms with van der Waals surface area (Å²) in [6.07, 6.45) is 0. The number of imidazole rings is 1. The van der Waals surface area contributed by atoms with Gasteiger partial charge < -0.3 is 4.57 Å². The second-order valence-corrected chi connectivity index (χ2v) is 7.73. The van der Waals surface area contributed by atoms with E-state index in [0.717, 1.165) is 12.4 Å². The molecule has 1 aromatic carbocycles. The Hall–Kier alpha value is -0.990. The van der Waals surface area contributed by atoms with Crippen LogP contribution in [0, 0.1) is 19.3 Å². The number of nitrogens with zero attached hydrogens (tertiary/aromatic N) is 2. The molecule has 0 unspecified atom stereocenters. The van der Waals surface area contributed by atoms with Gasteiger partial charge in [-0.2, -0.15) is 0 Å². The van der Waals surface area contributed by atoms with Crippen molar-refractivity contribution in [2.45, 2.75) is 53.0 Å². The van der Waals surface area contributed by atoms with E-state index in [-0.39, 0.29) is 5.41 Å². The van der Waals surface area contributed by atoms with Crippen LogP contribution in [0.5, 0.6) is 0 Å². The van der Waals surface area contributed by atoms with Crippen molar-refractivity contribution >= 4 is 23.2 Å². The molecule has 0 bridgehead atoms. The zero-order valence-electron chi connectivity index (χ0n) is 13.7. The fourth-order valence-corrected chi connectivity index (χ4v) is 4.52. The molecular weight excluding hydrogens is 315 g/mol. The lowest BCUT2D eigenvalue weighted by Gasteiger charge is -2.04. The second kappa shape index (κ2) is 5.28. The summed E-state index contributed by atoms with van der Waals surface area (Å²) in [6, 6.07) is 5.87. The fraction of sp³-hybridized carbons (Fsp3) is 0.500. The summed E-state index contributed by atoms with van der Waals surface area (Å²) >= 11 is 12.4. The van der Waals surface area contributed by atoms with Crippen LogP contribution < -0.4 is 0 Å². The van der Waals surface area contributed by atoms with Crippen LogP contribution in [0.1, 0.15) is 55.4 Å². The Morgan fingerprint density at radius 3 is 2.18 bits per heavy atom. The van der Waals surface area contributed by atoms with Crippen LogP contribution in [-0.4, -0.2) is 9.55 Å². The number of aryl methyl sites for hydroxylation is 1. The van der Waals surface area contributed by atoms with Gasteiger partial charge in [-0.15, -0.1) is 0 Å². The number of halogens is 2. The quantitative estimate of drug-likeness (QED) is 0.699. The number of rotatable bonds is 3. The summed E-state index contributed by atoms with van der Waals surface area (Å²) in [4.78, 5) is 4.86. The molecule has 0 saturated heterocycles. The van der Waals surface area contributed by atoms with Crippen LogP contribution in [-0.2, 0) is 6.54 Å². The first kappa shape index (κ1) is 15.9. The van der Waals surface area contributed by atoms with Gasteiger partial charge in [-0.25, -0.2) is 4.98 Å². The first-order chi connectivity index (χ1) is 10.3. The van der Waals surface area contributed by atoms with Crippen molar-refractivity contribution < 1.29 is 0 Å². The molecule has 22 heavy (non-hydrogen) atoms. The average molecular weight is 337 g/mol. The van der Waals surface area contributed by atoms with Crippen LogP contribution in [0.2, 0.25) is 10.0 Å². The molecular formula is C18H22Cl2N2. The monoisotopic (exact) mass is 336 g/mol. The third-order valence-corrected chi connectivity index (χ3v) is 5.57. The maximum absolute atomic E-state index is 6.19. The highest BCUT2D eigenvalue weighted by Gasteiger charge is 2.60. The van der Waals surface area contributed by atoms with E-state index in [2.05, 4.69) is 39.2 Å². The molecule has 2 atom stereocenters. The van der Waals surface area contributed by atoms with Crippen molar-refractivity contribution in [3.8, 4) is 0 Å². The van der Waals surface area contributed by atoms with Crippen molar-refractivity contribution in [2.75, 3.05) is 0 Å². The molecule has 0 radical (unpaired) electrons. The molecule has 1 fully saturated rings. The Morgan fingerprint density at radius 1 is 1.09 bits per heavy atom. The second-order valence-electron chi connectivity index (χ2n) is 6.85. The number of aromatic nitrogens is 2. The third-order valence-electron chi connectivity index (χ3n) is 5.13. The van der Waals surface area contributed by atoms with Crippen molar-refractivity contribution in [2.24, 2.45) is 5.41 Å².